The van der Waals surface area contributed by atoms with Crippen molar-refractivity contribution in [3.63, 3.8) is 0 Å². The Balaban J connectivity index is 1.59. The largest absolute Gasteiger partial charge is 0.573 e. The number of halogens is 6. The standard InChI is InChI=1S/C22H18F6N4O2/c1-31(14-7-9-15(10-8-14)34-22(26,27)28)20(33)17-12-19-29-16(13-5-3-2-4-6-13)11-18(21(23,24)25)32(19)30-17/h2-10,12,16,18,29H,11H2,1H3/t16-,18-/m1/s1. The van der Waals surface area contributed by atoms with Crippen LogP contribution in [0.25, 0.3) is 0 Å². The molecule has 1 N–H and O–H groups in total. The van der Waals surface area contributed by atoms with E-state index in [2.05, 4.69) is 15.2 Å². The minimum Gasteiger partial charge on any atom is -0.406 e. The molecule has 12 heteroatoms. The van der Waals surface area contributed by atoms with Gasteiger partial charge in [-0.1, -0.05) is 30.3 Å². The minimum atomic E-state index is -4.86. The number of benzene rings is 2. The number of aromatic nitrogens is 2. The van der Waals surface area contributed by atoms with Crippen LogP contribution >= 0.6 is 0 Å². The van der Waals surface area contributed by atoms with Gasteiger partial charge in [0.15, 0.2) is 11.7 Å². The molecule has 0 unspecified atom stereocenters. The normalized spacial score (nSPS) is 18.1. The number of amides is 1. The van der Waals surface area contributed by atoms with Crippen LogP contribution in [0.2, 0.25) is 0 Å². The van der Waals surface area contributed by atoms with Gasteiger partial charge in [0.25, 0.3) is 5.91 Å². The van der Waals surface area contributed by atoms with Crippen LogP contribution in [-0.4, -0.2) is 35.3 Å². The maximum Gasteiger partial charge on any atom is 0.573 e. The van der Waals surface area contributed by atoms with E-state index in [-0.39, 0.29) is 23.6 Å². The molecule has 1 aliphatic heterocycles. The van der Waals surface area contributed by atoms with Crippen LogP contribution in [-0.2, 0) is 0 Å². The average Bonchev–Trinajstić information content (AvgIpc) is 3.21. The number of nitrogens with one attached hydrogen (secondary N) is 1. The number of carbonyl (C=O) groups excluding carboxylic acids is 1. The van der Waals surface area contributed by atoms with Gasteiger partial charge in [-0.2, -0.15) is 18.3 Å². The first-order valence-corrected chi connectivity index (χ1v) is 10.0. The summed E-state index contributed by atoms with van der Waals surface area (Å²) in [6, 6.07) is 11.8. The van der Waals surface area contributed by atoms with Crippen molar-refractivity contribution in [3.8, 4) is 5.75 Å². The van der Waals surface area contributed by atoms with E-state index in [4.69, 9.17) is 0 Å². The van der Waals surface area contributed by atoms with Gasteiger partial charge in [0.05, 0.1) is 6.04 Å². The van der Waals surface area contributed by atoms with E-state index in [1.165, 1.54) is 25.2 Å². The summed E-state index contributed by atoms with van der Waals surface area (Å²) in [6.07, 6.45) is -9.78. The van der Waals surface area contributed by atoms with Gasteiger partial charge in [0.2, 0.25) is 0 Å². The maximum absolute atomic E-state index is 13.8. The molecule has 0 radical (unpaired) electrons. The van der Waals surface area contributed by atoms with Crippen LogP contribution in [0.5, 0.6) is 5.75 Å². The van der Waals surface area contributed by atoms with Gasteiger partial charge in [-0.05, 0) is 29.8 Å². The average molecular weight is 484 g/mol. The van der Waals surface area contributed by atoms with Crippen molar-refractivity contribution in [1.82, 2.24) is 9.78 Å². The predicted octanol–water partition coefficient (Wildman–Crippen LogP) is 5.72. The Hall–Kier alpha value is -3.70. The fraction of sp³-hybridized carbons (Fsp3) is 0.273. The highest BCUT2D eigenvalue weighted by atomic mass is 19.4. The zero-order valence-electron chi connectivity index (χ0n) is 17.6. The number of nitrogens with zero attached hydrogens (tertiary/aromatic N) is 3. The Bertz CT molecular complexity index is 1160. The molecule has 6 nitrogen and oxygen atoms in total. The van der Waals surface area contributed by atoms with Crippen LogP contribution in [0.1, 0.15) is 34.6 Å². The Kier molecular flexibility index (Phi) is 5.92. The van der Waals surface area contributed by atoms with Crippen molar-refractivity contribution in [3.05, 3.63) is 71.9 Å². The molecule has 1 aliphatic rings. The van der Waals surface area contributed by atoms with Crippen LogP contribution < -0.4 is 15.0 Å². The Morgan fingerprint density at radius 2 is 1.71 bits per heavy atom. The van der Waals surface area contributed by atoms with Gasteiger partial charge in [-0.3, -0.25) is 4.79 Å². The highest BCUT2D eigenvalue weighted by Gasteiger charge is 2.47. The lowest BCUT2D eigenvalue weighted by Gasteiger charge is -2.33. The molecule has 1 aromatic heterocycles. The first-order chi connectivity index (χ1) is 15.9. The quantitative estimate of drug-likeness (QED) is 0.482. The molecule has 3 aromatic rings. The third kappa shape index (κ3) is 4.95. The van der Waals surface area contributed by atoms with E-state index < -0.39 is 36.3 Å². The summed E-state index contributed by atoms with van der Waals surface area (Å²) in [5.74, 6) is -1.17. The molecule has 2 aromatic carbocycles. The summed E-state index contributed by atoms with van der Waals surface area (Å²) >= 11 is 0. The molecule has 0 aliphatic carbocycles. The van der Waals surface area contributed by atoms with Crippen molar-refractivity contribution in [2.75, 3.05) is 17.3 Å². The number of carbonyl (C=O) groups is 1. The molecular formula is C22H18F6N4O2. The number of ether oxygens (including phenoxy) is 1. The Morgan fingerprint density at radius 1 is 1.06 bits per heavy atom. The molecular weight excluding hydrogens is 466 g/mol. The Morgan fingerprint density at radius 3 is 2.29 bits per heavy atom. The molecule has 2 heterocycles. The van der Waals surface area contributed by atoms with Crippen molar-refractivity contribution in [1.29, 1.82) is 0 Å². The third-order valence-electron chi connectivity index (χ3n) is 5.37. The van der Waals surface area contributed by atoms with E-state index in [0.717, 1.165) is 21.7 Å². The molecule has 34 heavy (non-hydrogen) atoms. The zero-order chi connectivity index (χ0) is 24.7. The van der Waals surface area contributed by atoms with Crippen LogP contribution in [0.15, 0.2) is 60.7 Å². The summed E-state index contributed by atoms with van der Waals surface area (Å²) in [4.78, 5) is 14.0. The fourth-order valence-corrected chi connectivity index (χ4v) is 3.74. The van der Waals surface area contributed by atoms with Gasteiger partial charge in [-0.25, -0.2) is 4.68 Å². The molecule has 180 valence electrons. The van der Waals surface area contributed by atoms with E-state index in [9.17, 15) is 31.1 Å². The number of hydrogen-bond donors (Lipinski definition) is 1. The number of anilines is 2. The Labute approximate surface area is 189 Å². The van der Waals surface area contributed by atoms with Gasteiger partial charge in [0, 0.05) is 25.2 Å². The maximum atomic E-state index is 13.8. The van der Waals surface area contributed by atoms with Gasteiger partial charge in [0.1, 0.15) is 11.6 Å². The van der Waals surface area contributed by atoms with Crippen LogP contribution in [0.3, 0.4) is 0 Å². The highest BCUT2D eigenvalue weighted by molar-refractivity contribution is 6.04. The second-order valence-electron chi connectivity index (χ2n) is 7.67. The van der Waals surface area contributed by atoms with E-state index in [0.29, 0.717) is 5.56 Å². The lowest BCUT2D eigenvalue weighted by Crippen LogP contribution is -2.35. The molecule has 4 rings (SSSR count). The zero-order valence-corrected chi connectivity index (χ0v) is 17.6. The number of alkyl halides is 6. The van der Waals surface area contributed by atoms with Gasteiger partial charge < -0.3 is 15.0 Å². The van der Waals surface area contributed by atoms with E-state index >= 15 is 0 Å². The molecule has 0 saturated carbocycles. The predicted molar refractivity (Wildman–Crippen MR) is 111 cm³/mol. The summed E-state index contributed by atoms with van der Waals surface area (Å²) < 4.78 is 83.0. The first kappa shape index (κ1) is 23.5. The lowest BCUT2D eigenvalue weighted by molar-refractivity contribution is -0.274. The monoisotopic (exact) mass is 484 g/mol. The van der Waals surface area contributed by atoms with Crippen molar-refractivity contribution < 1.29 is 35.9 Å². The molecule has 0 spiro atoms. The van der Waals surface area contributed by atoms with Gasteiger partial charge in [-0.15, -0.1) is 13.2 Å². The number of hydrogen-bond acceptors (Lipinski definition) is 4. The second-order valence-corrected chi connectivity index (χ2v) is 7.67. The van der Waals surface area contributed by atoms with Crippen molar-refractivity contribution in [2.24, 2.45) is 0 Å². The minimum absolute atomic E-state index is 0.0353. The summed E-state index contributed by atoms with van der Waals surface area (Å²) in [5.41, 5.74) is 0.618. The van der Waals surface area contributed by atoms with Crippen LogP contribution in [0.4, 0.5) is 37.8 Å². The molecule has 0 fully saturated rings. The van der Waals surface area contributed by atoms with E-state index in [1.807, 2.05) is 0 Å². The molecule has 1 amide bonds. The first-order valence-electron chi connectivity index (χ1n) is 10.0. The topological polar surface area (TPSA) is 59.4 Å². The fourth-order valence-electron chi connectivity index (χ4n) is 3.74. The highest BCUT2D eigenvalue weighted by Crippen LogP contribution is 2.43. The molecule has 2 atom stereocenters. The number of fused-ring (bicyclic) bond motifs is 1. The molecule has 0 saturated heterocycles. The van der Waals surface area contributed by atoms with Gasteiger partial charge >= 0.3 is 12.5 Å². The number of rotatable bonds is 4. The van der Waals surface area contributed by atoms with E-state index in [1.54, 1.807) is 30.3 Å². The van der Waals surface area contributed by atoms with Crippen LogP contribution in [0, 0.1) is 0 Å². The van der Waals surface area contributed by atoms with Crippen molar-refractivity contribution >= 4 is 17.4 Å². The smallest absolute Gasteiger partial charge is 0.406 e. The summed E-state index contributed by atoms with van der Waals surface area (Å²) in [7, 11) is 1.34. The molecule has 0 bridgehead atoms. The third-order valence-corrected chi connectivity index (χ3v) is 5.37. The van der Waals surface area contributed by atoms with Crippen molar-refractivity contribution in [2.45, 2.75) is 31.0 Å². The lowest BCUT2D eigenvalue weighted by atomic mass is 9.97. The SMILES string of the molecule is CN(C(=O)c1cc2n(n1)[C@@H](C(F)(F)F)C[C@H](c1ccccc1)N2)c1ccc(OC(F)(F)F)cc1. The summed E-state index contributed by atoms with van der Waals surface area (Å²) in [6.45, 7) is 0. The second kappa shape index (κ2) is 8.58. The summed E-state index contributed by atoms with van der Waals surface area (Å²) in [5, 5.41) is 6.91.